The SMILES string of the molecule is COc1cc2ccc(Br)c(C)c2n(C2CC2)c1=O. The number of ether oxygens (including phenoxy) is 1. The maximum absolute atomic E-state index is 12.4. The number of methoxy groups -OCH3 is 1. The molecule has 1 fully saturated rings. The van der Waals surface area contributed by atoms with Gasteiger partial charge in [-0.3, -0.25) is 4.79 Å². The molecule has 0 saturated heterocycles. The summed E-state index contributed by atoms with van der Waals surface area (Å²) < 4.78 is 8.13. The lowest BCUT2D eigenvalue weighted by Gasteiger charge is -2.14. The molecule has 94 valence electrons. The van der Waals surface area contributed by atoms with E-state index in [0.29, 0.717) is 11.8 Å². The van der Waals surface area contributed by atoms with E-state index in [1.807, 2.05) is 29.7 Å². The first-order chi connectivity index (χ1) is 8.63. The van der Waals surface area contributed by atoms with Crippen LogP contribution in [0.25, 0.3) is 10.9 Å². The Morgan fingerprint density at radius 3 is 2.72 bits per heavy atom. The van der Waals surface area contributed by atoms with Crippen molar-refractivity contribution in [2.24, 2.45) is 0 Å². The monoisotopic (exact) mass is 307 g/mol. The zero-order valence-corrected chi connectivity index (χ0v) is 12.0. The van der Waals surface area contributed by atoms with Gasteiger partial charge in [0.25, 0.3) is 5.56 Å². The van der Waals surface area contributed by atoms with Crippen molar-refractivity contribution >= 4 is 26.8 Å². The van der Waals surface area contributed by atoms with Gasteiger partial charge in [0, 0.05) is 15.9 Å². The highest BCUT2D eigenvalue weighted by molar-refractivity contribution is 9.10. The molecule has 4 heteroatoms. The van der Waals surface area contributed by atoms with E-state index in [4.69, 9.17) is 4.74 Å². The first kappa shape index (κ1) is 11.8. The Kier molecular flexibility index (Phi) is 2.70. The Hall–Kier alpha value is -1.29. The van der Waals surface area contributed by atoms with Gasteiger partial charge in [-0.05, 0) is 37.5 Å². The molecule has 3 rings (SSSR count). The van der Waals surface area contributed by atoms with Crippen LogP contribution in [-0.4, -0.2) is 11.7 Å². The minimum absolute atomic E-state index is 0.0197. The second-order valence-corrected chi connectivity index (χ2v) is 5.58. The van der Waals surface area contributed by atoms with E-state index in [1.54, 1.807) is 7.11 Å². The van der Waals surface area contributed by atoms with Crippen LogP contribution in [0.2, 0.25) is 0 Å². The molecule has 1 saturated carbocycles. The van der Waals surface area contributed by atoms with Gasteiger partial charge in [0.15, 0.2) is 5.75 Å². The molecule has 1 heterocycles. The van der Waals surface area contributed by atoms with Crippen LogP contribution in [0.1, 0.15) is 24.4 Å². The third kappa shape index (κ3) is 1.67. The number of pyridine rings is 1. The largest absolute Gasteiger partial charge is 0.491 e. The minimum Gasteiger partial charge on any atom is -0.491 e. The second-order valence-electron chi connectivity index (χ2n) is 4.73. The Morgan fingerprint density at radius 2 is 2.11 bits per heavy atom. The van der Waals surface area contributed by atoms with E-state index in [9.17, 15) is 4.79 Å². The number of nitrogens with zero attached hydrogens (tertiary/aromatic N) is 1. The van der Waals surface area contributed by atoms with Crippen LogP contribution < -0.4 is 10.3 Å². The van der Waals surface area contributed by atoms with Crippen LogP contribution in [0.4, 0.5) is 0 Å². The van der Waals surface area contributed by atoms with Crippen molar-refractivity contribution in [2.45, 2.75) is 25.8 Å². The van der Waals surface area contributed by atoms with Gasteiger partial charge in [0.1, 0.15) is 0 Å². The van der Waals surface area contributed by atoms with Crippen molar-refractivity contribution in [2.75, 3.05) is 7.11 Å². The quantitative estimate of drug-likeness (QED) is 0.851. The van der Waals surface area contributed by atoms with Crippen LogP contribution in [0, 0.1) is 6.92 Å². The molecule has 0 bridgehead atoms. The Labute approximate surface area is 114 Å². The van der Waals surface area contributed by atoms with E-state index >= 15 is 0 Å². The van der Waals surface area contributed by atoms with Gasteiger partial charge in [-0.1, -0.05) is 22.0 Å². The lowest BCUT2D eigenvalue weighted by molar-refractivity contribution is 0.404. The van der Waals surface area contributed by atoms with Crippen LogP contribution in [0.3, 0.4) is 0 Å². The molecule has 0 atom stereocenters. The number of benzene rings is 1. The average Bonchev–Trinajstić information content (AvgIpc) is 3.18. The molecule has 1 aromatic carbocycles. The Morgan fingerprint density at radius 1 is 1.39 bits per heavy atom. The number of halogens is 1. The maximum atomic E-state index is 12.4. The molecule has 1 aromatic heterocycles. The standard InChI is InChI=1S/C14H14BrNO2/c1-8-11(15)6-3-9-7-12(18-2)14(17)16(13(8)9)10-4-5-10/h3,6-7,10H,4-5H2,1-2H3. The van der Waals surface area contributed by atoms with Crippen molar-refractivity contribution in [3.63, 3.8) is 0 Å². The van der Waals surface area contributed by atoms with Crippen LogP contribution in [-0.2, 0) is 0 Å². The highest BCUT2D eigenvalue weighted by Gasteiger charge is 2.28. The van der Waals surface area contributed by atoms with E-state index < -0.39 is 0 Å². The second kappa shape index (κ2) is 4.12. The van der Waals surface area contributed by atoms with Crippen LogP contribution in [0.5, 0.6) is 5.75 Å². The molecule has 2 aromatic rings. The molecule has 3 nitrogen and oxygen atoms in total. The zero-order valence-electron chi connectivity index (χ0n) is 10.4. The molecule has 0 N–H and O–H groups in total. The summed E-state index contributed by atoms with van der Waals surface area (Å²) in [7, 11) is 1.55. The fourth-order valence-corrected chi connectivity index (χ4v) is 2.70. The average molecular weight is 308 g/mol. The third-order valence-electron chi connectivity index (χ3n) is 3.49. The number of aromatic nitrogens is 1. The van der Waals surface area contributed by atoms with E-state index in [1.165, 1.54) is 0 Å². The summed E-state index contributed by atoms with van der Waals surface area (Å²) >= 11 is 3.53. The molecule has 1 aliphatic rings. The van der Waals surface area contributed by atoms with Gasteiger partial charge < -0.3 is 9.30 Å². The molecule has 0 radical (unpaired) electrons. The molecule has 1 aliphatic carbocycles. The molecule has 0 spiro atoms. The topological polar surface area (TPSA) is 31.2 Å². The third-order valence-corrected chi connectivity index (χ3v) is 4.34. The first-order valence-electron chi connectivity index (χ1n) is 6.02. The van der Waals surface area contributed by atoms with Crippen LogP contribution >= 0.6 is 15.9 Å². The summed E-state index contributed by atoms with van der Waals surface area (Å²) in [5.41, 5.74) is 2.12. The summed E-state index contributed by atoms with van der Waals surface area (Å²) in [4.78, 5) is 12.4. The van der Waals surface area contributed by atoms with Gasteiger partial charge in [0.05, 0.1) is 12.6 Å². The molecular formula is C14H14BrNO2. The highest BCUT2D eigenvalue weighted by atomic mass is 79.9. The van der Waals surface area contributed by atoms with Gasteiger partial charge >= 0.3 is 0 Å². The van der Waals surface area contributed by atoms with Gasteiger partial charge in [-0.25, -0.2) is 0 Å². The normalized spacial score (nSPS) is 15.1. The van der Waals surface area contributed by atoms with Gasteiger partial charge in [-0.15, -0.1) is 0 Å². The van der Waals surface area contributed by atoms with Crippen molar-refractivity contribution < 1.29 is 4.74 Å². The molecule has 0 unspecified atom stereocenters. The lowest BCUT2D eigenvalue weighted by atomic mass is 10.1. The van der Waals surface area contributed by atoms with Crippen molar-refractivity contribution in [3.8, 4) is 5.75 Å². The van der Waals surface area contributed by atoms with Crippen molar-refractivity contribution in [3.05, 3.63) is 38.6 Å². The fraction of sp³-hybridized carbons (Fsp3) is 0.357. The number of rotatable bonds is 2. The molecule has 0 aliphatic heterocycles. The van der Waals surface area contributed by atoms with Crippen molar-refractivity contribution in [1.29, 1.82) is 0 Å². The fourth-order valence-electron chi connectivity index (χ4n) is 2.38. The number of hydrogen-bond acceptors (Lipinski definition) is 2. The van der Waals surface area contributed by atoms with E-state index in [-0.39, 0.29) is 5.56 Å². The molecular weight excluding hydrogens is 294 g/mol. The van der Waals surface area contributed by atoms with E-state index in [2.05, 4.69) is 15.9 Å². The smallest absolute Gasteiger partial charge is 0.293 e. The number of fused-ring (bicyclic) bond motifs is 1. The predicted molar refractivity (Wildman–Crippen MR) is 75.5 cm³/mol. The lowest BCUT2D eigenvalue weighted by Crippen LogP contribution is -2.21. The summed E-state index contributed by atoms with van der Waals surface area (Å²) in [5, 5.41) is 1.05. The van der Waals surface area contributed by atoms with E-state index in [0.717, 1.165) is 33.8 Å². The number of hydrogen-bond donors (Lipinski definition) is 0. The highest BCUT2D eigenvalue weighted by Crippen LogP contribution is 2.38. The summed E-state index contributed by atoms with van der Waals surface area (Å²) in [6.45, 7) is 2.04. The first-order valence-corrected chi connectivity index (χ1v) is 6.81. The Balaban J connectivity index is 2.47. The minimum atomic E-state index is -0.0197. The predicted octanol–water partition coefficient (Wildman–Crippen LogP) is 3.42. The summed E-state index contributed by atoms with van der Waals surface area (Å²) in [6, 6.07) is 6.20. The zero-order chi connectivity index (χ0) is 12.9. The maximum Gasteiger partial charge on any atom is 0.293 e. The molecule has 0 amide bonds. The van der Waals surface area contributed by atoms with Gasteiger partial charge in [0.2, 0.25) is 0 Å². The molecule has 18 heavy (non-hydrogen) atoms. The summed E-state index contributed by atoms with van der Waals surface area (Å²) in [6.07, 6.45) is 2.16. The van der Waals surface area contributed by atoms with Crippen molar-refractivity contribution in [1.82, 2.24) is 4.57 Å². The van der Waals surface area contributed by atoms with Gasteiger partial charge in [-0.2, -0.15) is 0 Å². The number of aryl methyl sites for hydroxylation is 1. The Bertz CT molecular complexity index is 686. The summed E-state index contributed by atoms with van der Waals surface area (Å²) in [5.74, 6) is 0.427. The van der Waals surface area contributed by atoms with Crippen LogP contribution in [0.15, 0.2) is 27.5 Å².